The molecule has 2 rings (SSSR count). The second kappa shape index (κ2) is 5.85. The number of ether oxygens (including phenoxy) is 1. The molecule has 2 atom stereocenters. The second-order valence-corrected chi connectivity index (χ2v) is 5.44. The van der Waals surface area contributed by atoms with Crippen LogP contribution in [0, 0.1) is 11.8 Å². The molecular formula is C13H19ClN2O2. The fraction of sp³-hybridized carbons (Fsp3) is 0.692. The van der Waals surface area contributed by atoms with E-state index in [1.807, 2.05) is 0 Å². The summed E-state index contributed by atoms with van der Waals surface area (Å²) < 4.78 is 6.68. The highest BCUT2D eigenvalue weighted by Gasteiger charge is 2.31. The standard InChI is InChI=1S/C13H19ClN2O2/c1-9-3-4-10(7-9)13(17)12-11(14)8-15-16(12)5-6-18-2/h8-10H,3-7H2,1-2H3. The van der Waals surface area contributed by atoms with Crippen LogP contribution in [0.3, 0.4) is 0 Å². The molecular weight excluding hydrogens is 252 g/mol. The summed E-state index contributed by atoms with van der Waals surface area (Å²) in [5, 5.41) is 4.60. The van der Waals surface area contributed by atoms with Crippen molar-refractivity contribution in [3.8, 4) is 0 Å². The molecule has 100 valence electrons. The molecule has 0 bridgehead atoms. The average molecular weight is 271 g/mol. The van der Waals surface area contributed by atoms with Crippen LogP contribution in [0.5, 0.6) is 0 Å². The summed E-state index contributed by atoms with van der Waals surface area (Å²) >= 11 is 6.09. The lowest BCUT2D eigenvalue weighted by atomic mass is 9.99. The van der Waals surface area contributed by atoms with Crippen molar-refractivity contribution in [3.63, 3.8) is 0 Å². The molecule has 0 N–H and O–H groups in total. The third kappa shape index (κ3) is 2.75. The number of hydrogen-bond acceptors (Lipinski definition) is 3. The van der Waals surface area contributed by atoms with Gasteiger partial charge in [0.1, 0.15) is 5.69 Å². The van der Waals surface area contributed by atoms with Gasteiger partial charge in [-0.3, -0.25) is 9.48 Å². The zero-order valence-electron chi connectivity index (χ0n) is 10.9. The third-order valence-corrected chi connectivity index (χ3v) is 3.88. The van der Waals surface area contributed by atoms with E-state index < -0.39 is 0 Å². The minimum Gasteiger partial charge on any atom is -0.383 e. The summed E-state index contributed by atoms with van der Waals surface area (Å²) in [4.78, 5) is 12.5. The van der Waals surface area contributed by atoms with Gasteiger partial charge in [0.2, 0.25) is 0 Å². The van der Waals surface area contributed by atoms with Crippen molar-refractivity contribution < 1.29 is 9.53 Å². The van der Waals surface area contributed by atoms with Crippen LogP contribution in [-0.2, 0) is 11.3 Å². The van der Waals surface area contributed by atoms with Gasteiger partial charge in [-0.05, 0) is 25.2 Å². The number of Topliss-reactive ketones (excluding diaryl/α,β-unsaturated/α-hetero) is 1. The van der Waals surface area contributed by atoms with Gasteiger partial charge in [0.15, 0.2) is 5.78 Å². The molecule has 18 heavy (non-hydrogen) atoms. The molecule has 0 aliphatic heterocycles. The number of methoxy groups -OCH3 is 1. The predicted octanol–water partition coefficient (Wildman–Crippen LogP) is 2.80. The molecule has 1 fully saturated rings. The molecule has 1 aromatic heterocycles. The molecule has 0 radical (unpaired) electrons. The molecule has 1 heterocycles. The van der Waals surface area contributed by atoms with Crippen molar-refractivity contribution in [3.05, 3.63) is 16.9 Å². The van der Waals surface area contributed by atoms with Crippen molar-refractivity contribution in [2.45, 2.75) is 32.7 Å². The number of ketones is 1. The topological polar surface area (TPSA) is 44.1 Å². The van der Waals surface area contributed by atoms with Crippen LogP contribution >= 0.6 is 11.6 Å². The molecule has 5 heteroatoms. The normalized spacial score (nSPS) is 23.5. The molecule has 1 saturated carbocycles. The number of halogens is 1. The van der Waals surface area contributed by atoms with E-state index in [-0.39, 0.29) is 11.7 Å². The summed E-state index contributed by atoms with van der Waals surface area (Å²) in [6, 6.07) is 0. The minimum absolute atomic E-state index is 0.107. The van der Waals surface area contributed by atoms with Crippen LogP contribution in [0.2, 0.25) is 5.02 Å². The Hall–Kier alpha value is -0.870. The van der Waals surface area contributed by atoms with Crippen molar-refractivity contribution in [2.24, 2.45) is 11.8 Å². The summed E-state index contributed by atoms with van der Waals surface area (Å²) in [5.74, 6) is 0.876. The molecule has 0 amide bonds. The number of nitrogens with zero attached hydrogens (tertiary/aromatic N) is 2. The van der Waals surface area contributed by atoms with Gasteiger partial charge >= 0.3 is 0 Å². The predicted molar refractivity (Wildman–Crippen MR) is 69.9 cm³/mol. The van der Waals surface area contributed by atoms with Crippen molar-refractivity contribution in [1.29, 1.82) is 0 Å². The fourth-order valence-corrected chi connectivity index (χ4v) is 2.83. The van der Waals surface area contributed by atoms with Gasteiger partial charge in [0, 0.05) is 13.0 Å². The summed E-state index contributed by atoms with van der Waals surface area (Å²) in [5.41, 5.74) is 0.549. The van der Waals surface area contributed by atoms with Gasteiger partial charge in [-0.1, -0.05) is 18.5 Å². The van der Waals surface area contributed by atoms with Crippen molar-refractivity contribution >= 4 is 17.4 Å². The highest BCUT2D eigenvalue weighted by Crippen LogP contribution is 2.34. The van der Waals surface area contributed by atoms with Crippen LogP contribution in [0.1, 0.15) is 36.7 Å². The molecule has 4 nitrogen and oxygen atoms in total. The number of aromatic nitrogens is 2. The van der Waals surface area contributed by atoms with Crippen LogP contribution in [-0.4, -0.2) is 29.3 Å². The Balaban J connectivity index is 2.16. The molecule has 2 unspecified atom stereocenters. The highest BCUT2D eigenvalue weighted by atomic mass is 35.5. The Kier molecular flexibility index (Phi) is 4.40. The number of rotatable bonds is 5. The maximum Gasteiger partial charge on any atom is 0.185 e. The van der Waals surface area contributed by atoms with Crippen LogP contribution < -0.4 is 0 Å². The second-order valence-electron chi connectivity index (χ2n) is 5.04. The molecule has 1 aliphatic carbocycles. The van der Waals surface area contributed by atoms with Crippen molar-refractivity contribution in [1.82, 2.24) is 9.78 Å². The number of hydrogen-bond donors (Lipinski definition) is 0. The summed E-state index contributed by atoms with van der Waals surface area (Å²) in [6.45, 7) is 3.28. The van der Waals surface area contributed by atoms with E-state index in [0.29, 0.717) is 29.8 Å². The Morgan fingerprint density at radius 1 is 1.61 bits per heavy atom. The van der Waals surface area contributed by atoms with E-state index in [0.717, 1.165) is 19.3 Å². The lowest BCUT2D eigenvalue weighted by Crippen LogP contribution is -2.19. The lowest BCUT2D eigenvalue weighted by molar-refractivity contribution is 0.0906. The van der Waals surface area contributed by atoms with Crippen LogP contribution in [0.4, 0.5) is 0 Å². The zero-order valence-corrected chi connectivity index (χ0v) is 11.6. The number of carbonyl (C=O) groups is 1. The fourth-order valence-electron chi connectivity index (χ4n) is 2.59. The Morgan fingerprint density at radius 3 is 3.00 bits per heavy atom. The Labute approximate surface area is 112 Å². The van der Waals surface area contributed by atoms with Gasteiger partial charge in [-0.25, -0.2) is 0 Å². The van der Waals surface area contributed by atoms with Crippen molar-refractivity contribution in [2.75, 3.05) is 13.7 Å². The monoisotopic (exact) mass is 270 g/mol. The first-order valence-corrected chi connectivity index (χ1v) is 6.75. The average Bonchev–Trinajstić information content (AvgIpc) is 2.92. The molecule has 0 saturated heterocycles. The quantitative estimate of drug-likeness (QED) is 0.773. The number of carbonyl (C=O) groups excluding carboxylic acids is 1. The van der Waals surface area contributed by atoms with E-state index in [4.69, 9.17) is 16.3 Å². The van der Waals surface area contributed by atoms with Crippen LogP contribution in [0.15, 0.2) is 6.20 Å². The summed E-state index contributed by atoms with van der Waals surface area (Å²) in [6.07, 6.45) is 4.60. The van der Waals surface area contributed by atoms with Gasteiger partial charge < -0.3 is 4.74 Å². The largest absolute Gasteiger partial charge is 0.383 e. The zero-order chi connectivity index (χ0) is 13.1. The summed E-state index contributed by atoms with van der Waals surface area (Å²) in [7, 11) is 1.63. The van der Waals surface area contributed by atoms with E-state index in [9.17, 15) is 4.79 Å². The van der Waals surface area contributed by atoms with E-state index in [2.05, 4.69) is 12.0 Å². The molecule has 0 aromatic carbocycles. The maximum atomic E-state index is 12.5. The smallest absolute Gasteiger partial charge is 0.185 e. The minimum atomic E-state index is 0.107. The first-order valence-electron chi connectivity index (χ1n) is 6.38. The first kappa shape index (κ1) is 13.6. The van der Waals surface area contributed by atoms with E-state index >= 15 is 0 Å². The molecule has 0 spiro atoms. The Morgan fingerprint density at radius 2 is 2.39 bits per heavy atom. The van der Waals surface area contributed by atoms with E-state index in [1.165, 1.54) is 0 Å². The third-order valence-electron chi connectivity index (χ3n) is 3.60. The first-order chi connectivity index (χ1) is 8.63. The Bertz CT molecular complexity index is 431. The van der Waals surface area contributed by atoms with E-state index in [1.54, 1.807) is 18.0 Å². The maximum absolute atomic E-state index is 12.5. The van der Waals surface area contributed by atoms with Crippen LogP contribution in [0.25, 0.3) is 0 Å². The van der Waals surface area contributed by atoms with Gasteiger partial charge in [-0.2, -0.15) is 5.10 Å². The molecule has 1 aromatic rings. The SMILES string of the molecule is COCCn1ncc(Cl)c1C(=O)C1CCC(C)C1. The molecule has 1 aliphatic rings. The van der Waals surface area contributed by atoms with Gasteiger partial charge in [-0.15, -0.1) is 0 Å². The van der Waals surface area contributed by atoms with Gasteiger partial charge in [0.05, 0.1) is 24.4 Å². The lowest BCUT2D eigenvalue weighted by Gasteiger charge is -2.11. The van der Waals surface area contributed by atoms with Gasteiger partial charge in [0.25, 0.3) is 0 Å². The highest BCUT2D eigenvalue weighted by molar-refractivity contribution is 6.33.